The van der Waals surface area contributed by atoms with Crippen molar-refractivity contribution in [2.75, 3.05) is 17.3 Å². The Bertz CT molecular complexity index is 702. The van der Waals surface area contributed by atoms with E-state index in [0.717, 1.165) is 35.1 Å². The van der Waals surface area contributed by atoms with Crippen molar-refractivity contribution < 1.29 is 13.2 Å². The second-order valence-electron chi connectivity index (χ2n) is 6.54. The Balaban J connectivity index is 1.69. The molecule has 2 aliphatic rings. The van der Waals surface area contributed by atoms with E-state index in [-0.39, 0.29) is 29.5 Å². The Morgan fingerprint density at radius 2 is 1.96 bits per heavy atom. The first-order chi connectivity index (χ1) is 11.4. The molecule has 1 aliphatic heterocycles. The number of hydrogen-bond donors (Lipinski definition) is 0. The van der Waals surface area contributed by atoms with Crippen LogP contribution in [-0.2, 0) is 14.6 Å². The highest BCUT2D eigenvalue weighted by molar-refractivity contribution is 9.10. The average molecular weight is 432 g/mol. The molecule has 1 aliphatic carbocycles. The van der Waals surface area contributed by atoms with Crippen LogP contribution in [0.25, 0.3) is 0 Å². The molecule has 0 N–H and O–H groups in total. The van der Waals surface area contributed by atoms with E-state index in [4.69, 9.17) is 0 Å². The smallest absolute Gasteiger partial charge is 0.233 e. The number of halogens is 1. The van der Waals surface area contributed by atoms with E-state index < -0.39 is 9.84 Å². The molecule has 1 saturated heterocycles. The van der Waals surface area contributed by atoms with Gasteiger partial charge in [0.15, 0.2) is 9.84 Å². The fraction of sp³-hybridized carbons (Fsp3) is 0.588. The molecule has 24 heavy (non-hydrogen) atoms. The predicted molar refractivity (Wildman–Crippen MR) is 101 cm³/mol. The molecule has 1 saturated carbocycles. The molecule has 0 bridgehead atoms. The second-order valence-corrected chi connectivity index (χ2v) is 10.7. The standard InChI is InChI=1S/C17H22BrNO3S2/c18-13-4-3-7-16(10-13)23-11-17(20)19(14-5-1-2-6-14)15-8-9-24(21,22)12-15/h3-4,7,10,14-15H,1-2,5-6,8-9,11-12H2. The lowest BCUT2D eigenvalue weighted by atomic mass is 10.1. The van der Waals surface area contributed by atoms with E-state index in [2.05, 4.69) is 15.9 Å². The summed E-state index contributed by atoms with van der Waals surface area (Å²) in [6.07, 6.45) is 4.86. The average Bonchev–Trinajstić information content (AvgIpc) is 3.16. The molecule has 1 amide bonds. The van der Waals surface area contributed by atoms with E-state index in [0.29, 0.717) is 12.2 Å². The third kappa shape index (κ3) is 4.55. The highest BCUT2D eigenvalue weighted by atomic mass is 79.9. The summed E-state index contributed by atoms with van der Waals surface area (Å²) in [4.78, 5) is 15.8. The van der Waals surface area contributed by atoms with Gasteiger partial charge >= 0.3 is 0 Å². The quantitative estimate of drug-likeness (QED) is 0.669. The van der Waals surface area contributed by atoms with Crippen LogP contribution in [0.15, 0.2) is 33.6 Å². The maximum absolute atomic E-state index is 12.9. The Morgan fingerprint density at radius 3 is 2.58 bits per heavy atom. The van der Waals surface area contributed by atoms with E-state index >= 15 is 0 Å². The molecule has 0 aromatic heterocycles. The van der Waals surface area contributed by atoms with Gasteiger partial charge in [0.2, 0.25) is 5.91 Å². The monoisotopic (exact) mass is 431 g/mol. The lowest BCUT2D eigenvalue weighted by molar-refractivity contribution is -0.132. The van der Waals surface area contributed by atoms with Gasteiger partial charge in [-0.25, -0.2) is 8.42 Å². The first-order valence-corrected chi connectivity index (χ1v) is 11.9. The Kier molecular flexibility index (Phi) is 5.93. The van der Waals surface area contributed by atoms with E-state index in [1.54, 1.807) is 0 Å². The van der Waals surface area contributed by atoms with Gasteiger partial charge in [0.25, 0.3) is 0 Å². The molecule has 1 aromatic carbocycles. The summed E-state index contributed by atoms with van der Waals surface area (Å²) in [6.45, 7) is 0. The Labute approximate surface area is 156 Å². The van der Waals surface area contributed by atoms with Crippen LogP contribution < -0.4 is 0 Å². The zero-order valence-corrected chi connectivity index (χ0v) is 16.7. The van der Waals surface area contributed by atoms with Crippen LogP contribution >= 0.6 is 27.7 Å². The first-order valence-electron chi connectivity index (χ1n) is 8.34. The zero-order valence-electron chi connectivity index (χ0n) is 13.5. The van der Waals surface area contributed by atoms with Crippen molar-refractivity contribution in [1.29, 1.82) is 0 Å². The molecule has 1 atom stereocenters. The van der Waals surface area contributed by atoms with Crippen LogP contribution in [0.2, 0.25) is 0 Å². The van der Waals surface area contributed by atoms with Crippen molar-refractivity contribution in [2.24, 2.45) is 0 Å². The molecule has 1 heterocycles. The fourth-order valence-corrected chi connectivity index (χ4v) is 6.75. The van der Waals surface area contributed by atoms with Gasteiger partial charge < -0.3 is 4.90 Å². The van der Waals surface area contributed by atoms with Gasteiger partial charge in [-0.15, -0.1) is 11.8 Å². The molecule has 0 radical (unpaired) electrons. The van der Waals surface area contributed by atoms with Gasteiger partial charge in [0.1, 0.15) is 0 Å². The number of amides is 1. The van der Waals surface area contributed by atoms with Crippen LogP contribution in [0.3, 0.4) is 0 Å². The lowest BCUT2D eigenvalue weighted by Crippen LogP contribution is -2.47. The zero-order chi connectivity index (χ0) is 17.2. The van der Waals surface area contributed by atoms with Crippen molar-refractivity contribution >= 4 is 43.4 Å². The number of benzene rings is 1. The van der Waals surface area contributed by atoms with Gasteiger partial charge in [0.05, 0.1) is 17.3 Å². The van der Waals surface area contributed by atoms with Gasteiger partial charge in [-0.1, -0.05) is 34.8 Å². The van der Waals surface area contributed by atoms with Gasteiger partial charge in [-0.05, 0) is 37.5 Å². The molecule has 4 nitrogen and oxygen atoms in total. The fourth-order valence-electron chi connectivity index (χ4n) is 3.66. The number of thioether (sulfide) groups is 1. The van der Waals surface area contributed by atoms with Crippen molar-refractivity contribution in [3.8, 4) is 0 Å². The molecule has 0 spiro atoms. The molecule has 3 rings (SSSR count). The minimum atomic E-state index is -2.98. The summed E-state index contributed by atoms with van der Waals surface area (Å²) in [7, 11) is -2.98. The molecule has 7 heteroatoms. The van der Waals surface area contributed by atoms with Crippen LogP contribution in [0, 0.1) is 0 Å². The maximum Gasteiger partial charge on any atom is 0.233 e. The van der Waals surface area contributed by atoms with Crippen LogP contribution in [0.5, 0.6) is 0 Å². The third-order valence-electron chi connectivity index (χ3n) is 4.77. The van der Waals surface area contributed by atoms with Crippen molar-refractivity contribution in [1.82, 2.24) is 4.90 Å². The topological polar surface area (TPSA) is 54.5 Å². The first kappa shape index (κ1) is 18.3. The minimum absolute atomic E-state index is 0.0778. The highest BCUT2D eigenvalue weighted by Crippen LogP contribution is 2.30. The van der Waals surface area contributed by atoms with Gasteiger partial charge in [-0.3, -0.25) is 4.79 Å². The molecule has 1 aromatic rings. The summed E-state index contributed by atoms with van der Waals surface area (Å²) < 4.78 is 24.7. The van der Waals surface area contributed by atoms with Gasteiger partial charge in [-0.2, -0.15) is 0 Å². The SMILES string of the molecule is O=C(CSc1cccc(Br)c1)N(C1CCCC1)C1CCS(=O)(=O)C1. The second kappa shape index (κ2) is 7.79. The molecular weight excluding hydrogens is 410 g/mol. The maximum atomic E-state index is 12.9. The molecule has 132 valence electrons. The normalized spacial score (nSPS) is 23.5. The number of hydrogen-bond acceptors (Lipinski definition) is 4. The van der Waals surface area contributed by atoms with Crippen molar-refractivity contribution in [3.05, 3.63) is 28.7 Å². The van der Waals surface area contributed by atoms with Crippen molar-refractivity contribution in [3.63, 3.8) is 0 Å². The minimum Gasteiger partial charge on any atom is -0.335 e. The number of nitrogens with zero attached hydrogens (tertiary/aromatic N) is 1. The predicted octanol–water partition coefficient (Wildman–Crippen LogP) is 3.50. The summed E-state index contributed by atoms with van der Waals surface area (Å²) in [6, 6.07) is 7.99. The number of rotatable bonds is 5. The Morgan fingerprint density at radius 1 is 1.21 bits per heavy atom. The summed E-state index contributed by atoms with van der Waals surface area (Å²) in [5.74, 6) is 0.793. The molecular formula is C17H22BrNO3S2. The van der Waals surface area contributed by atoms with Crippen LogP contribution in [0.1, 0.15) is 32.1 Å². The van der Waals surface area contributed by atoms with E-state index in [1.807, 2.05) is 29.2 Å². The Hall–Kier alpha value is -0.530. The van der Waals surface area contributed by atoms with Crippen molar-refractivity contribution in [2.45, 2.75) is 49.1 Å². The number of carbonyl (C=O) groups is 1. The summed E-state index contributed by atoms with van der Waals surface area (Å²) in [5, 5.41) is 0. The van der Waals surface area contributed by atoms with Crippen LogP contribution in [-0.4, -0.2) is 48.6 Å². The number of carbonyl (C=O) groups excluding carboxylic acids is 1. The van der Waals surface area contributed by atoms with Crippen LogP contribution in [0.4, 0.5) is 0 Å². The lowest BCUT2D eigenvalue weighted by Gasteiger charge is -2.34. The summed E-state index contributed by atoms with van der Waals surface area (Å²) in [5.41, 5.74) is 0. The van der Waals surface area contributed by atoms with E-state index in [9.17, 15) is 13.2 Å². The third-order valence-corrected chi connectivity index (χ3v) is 7.99. The van der Waals surface area contributed by atoms with E-state index in [1.165, 1.54) is 11.8 Å². The largest absolute Gasteiger partial charge is 0.335 e. The molecule has 2 fully saturated rings. The summed E-state index contributed by atoms with van der Waals surface area (Å²) >= 11 is 4.96. The molecule has 1 unspecified atom stereocenters. The number of sulfone groups is 1. The highest BCUT2D eigenvalue weighted by Gasteiger charge is 2.38. The van der Waals surface area contributed by atoms with Gasteiger partial charge in [0, 0.05) is 21.5 Å².